The van der Waals surface area contributed by atoms with Gasteiger partial charge in [0.15, 0.2) is 0 Å². The highest BCUT2D eigenvalue weighted by Gasteiger charge is 2.20. The van der Waals surface area contributed by atoms with Crippen LogP contribution in [0.5, 0.6) is 0 Å². The van der Waals surface area contributed by atoms with Crippen LogP contribution in [0.3, 0.4) is 0 Å². The Labute approximate surface area is 131 Å². The van der Waals surface area contributed by atoms with Gasteiger partial charge < -0.3 is 0 Å². The topological polar surface area (TPSA) is 65.8 Å². The minimum Gasteiger partial charge on any atom is -0.287 e. The quantitative estimate of drug-likeness (QED) is 0.294. The Bertz CT molecular complexity index is 562. The first-order chi connectivity index (χ1) is 10.7. The zero-order valence-electron chi connectivity index (χ0n) is 13.1. The SMILES string of the molecule is CCC/C=C/C1CCC(c2ccc(C(=O)N=[N+]=[N-])cc2)CC1. The van der Waals surface area contributed by atoms with E-state index in [1.165, 1.54) is 44.1 Å². The van der Waals surface area contributed by atoms with Crippen LogP contribution in [-0.2, 0) is 0 Å². The molecule has 2 rings (SSSR count). The highest BCUT2D eigenvalue weighted by atomic mass is 16.1. The Morgan fingerprint density at radius 2 is 1.95 bits per heavy atom. The summed E-state index contributed by atoms with van der Waals surface area (Å²) in [6, 6.07) is 7.52. The van der Waals surface area contributed by atoms with Gasteiger partial charge in [0.2, 0.25) is 5.91 Å². The van der Waals surface area contributed by atoms with Crippen LogP contribution >= 0.6 is 0 Å². The molecule has 0 spiro atoms. The summed E-state index contributed by atoms with van der Waals surface area (Å²) in [6.45, 7) is 2.21. The van der Waals surface area contributed by atoms with Crippen LogP contribution in [-0.4, -0.2) is 5.91 Å². The molecule has 0 unspecified atom stereocenters. The summed E-state index contributed by atoms with van der Waals surface area (Å²) in [6.07, 6.45) is 12.0. The van der Waals surface area contributed by atoms with Crippen molar-refractivity contribution in [2.24, 2.45) is 11.0 Å². The van der Waals surface area contributed by atoms with E-state index in [1.807, 2.05) is 12.1 Å². The third-order valence-corrected chi connectivity index (χ3v) is 4.40. The molecule has 1 amide bonds. The van der Waals surface area contributed by atoms with Crippen molar-refractivity contribution < 1.29 is 4.79 Å². The maximum absolute atomic E-state index is 11.5. The molecule has 1 aliphatic rings. The zero-order valence-corrected chi connectivity index (χ0v) is 13.1. The van der Waals surface area contributed by atoms with Crippen molar-refractivity contribution >= 4 is 5.91 Å². The predicted octanol–water partition coefficient (Wildman–Crippen LogP) is 5.77. The molecule has 0 heterocycles. The lowest BCUT2D eigenvalue weighted by Crippen LogP contribution is -2.11. The van der Waals surface area contributed by atoms with Gasteiger partial charge >= 0.3 is 0 Å². The fourth-order valence-corrected chi connectivity index (χ4v) is 3.10. The van der Waals surface area contributed by atoms with Crippen LogP contribution in [0.1, 0.15) is 67.3 Å². The summed E-state index contributed by atoms with van der Waals surface area (Å²) in [5.41, 5.74) is 10.0. The first-order valence-corrected chi connectivity index (χ1v) is 8.10. The van der Waals surface area contributed by atoms with Gasteiger partial charge in [-0.05, 0) is 60.1 Å². The molecule has 1 aromatic carbocycles. The van der Waals surface area contributed by atoms with Crippen LogP contribution in [0.15, 0.2) is 41.5 Å². The van der Waals surface area contributed by atoms with Crippen molar-refractivity contribution in [3.8, 4) is 0 Å². The monoisotopic (exact) mass is 297 g/mol. The van der Waals surface area contributed by atoms with Crippen molar-refractivity contribution in [2.75, 3.05) is 0 Å². The molecule has 0 N–H and O–H groups in total. The molecule has 4 nitrogen and oxygen atoms in total. The lowest BCUT2D eigenvalue weighted by molar-refractivity contribution is 0.100. The second-order valence-electron chi connectivity index (χ2n) is 5.95. The van der Waals surface area contributed by atoms with Crippen molar-refractivity contribution in [1.82, 2.24) is 0 Å². The fraction of sp³-hybridized carbons (Fsp3) is 0.500. The maximum Gasteiger partial charge on any atom is 0.249 e. The molecule has 0 atom stereocenters. The second-order valence-corrected chi connectivity index (χ2v) is 5.95. The molecule has 0 aromatic heterocycles. The van der Waals surface area contributed by atoms with Gasteiger partial charge in [-0.25, -0.2) is 0 Å². The molecule has 0 radical (unpaired) electrons. The summed E-state index contributed by atoms with van der Waals surface area (Å²) in [5.74, 6) is 0.798. The largest absolute Gasteiger partial charge is 0.287 e. The van der Waals surface area contributed by atoms with E-state index in [0.717, 1.165) is 5.92 Å². The van der Waals surface area contributed by atoms with Gasteiger partial charge in [0.05, 0.1) is 0 Å². The molecular formula is C18H23N3O. The minimum atomic E-state index is -0.515. The first-order valence-electron chi connectivity index (χ1n) is 8.10. The molecule has 0 bridgehead atoms. The highest BCUT2D eigenvalue weighted by molar-refractivity contribution is 5.94. The Hall–Kier alpha value is -2.06. The van der Waals surface area contributed by atoms with Gasteiger partial charge in [-0.15, -0.1) is 0 Å². The highest BCUT2D eigenvalue weighted by Crippen LogP contribution is 2.36. The van der Waals surface area contributed by atoms with E-state index in [9.17, 15) is 4.79 Å². The average Bonchev–Trinajstić information content (AvgIpc) is 2.56. The molecule has 116 valence electrons. The van der Waals surface area contributed by atoms with Gasteiger partial charge in [0.1, 0.15) is 0 Å². The number of amides is 1. The molecule has 1 saturated carbocycles. The molecular weight excluding hydrogens is 274 g/mol. The average molecular weight is 297 g/mol. The van der Waals surface area contributed by atoms with Crippen molar-refractivity contribution in [3.05, 3.63) is 58.0 Å². The van der Waals surface area contributed by atoms with Gasteiger partial charge in [0, 0.05) is 10.5 Å². The normalized spacial score (nSPS) is 21.5. The van der Waals surface area contributed by atoms with E-state index in [2.05, 4.69) is 29.1 Å². The van der Waals surface area contributed by atoms with Gasteiger partial charge in [-0.1, -0.05) is 49.8 Å². The third-order valence-electron chi connectivity index (χ3n) is 4.40. The molecule has 1 aliphatic carbocycles. The van der Waals surface area contributed by atoms with Crippen LogP contribution in [0.2, 0.25) is 0 Å². The van der Waals surface area contributed by atoms with E-state index < -0.39 is 5.91 Å². The Morgan fingerprint density at radius 3 is 2.55 bits per heavy atom. The second kappa shape index (κ2) is 8.40. The van der Waals surface area contributed by atoms with Crippen LogP contribution in [0.25, 0.3) is 10.4 Å². The number of hydrogen-bond donors (Lipinski definition) is 0. The smallest absolute Gasteiger partial charge is 0.249 e. The number of rotatable bonds is 5. The van der Waals surface area contributed by atoms with E-state index in [0.29, 0.717) is 11.5 Å². The lowest BCUT2D eigenvalue weighted by Gasteiger charge is -2.27. The minimum absolute atomic E-state index is 0.456. The van der Waals surface area contributed by atoms with Gasteiger partial charge in [-0.2, -0.15) is 0 Å². The number of carbonyl (C=O) groups is 1. The lowest BCUT2D eigenvalue weighted by atomic mass is 9.78. The molecule has 0 saturated heterocycles. The summed E-state index contributed by atoms with van der Waals surface area (Å²) < 4.78 is 0. The number of azide groups is 1. The summed E-state index contributed by atoms with van der Waals surface area (Å²) in [5, 5.41) is 3.12. The van der Waals surface area contributed by atoms with Crippen molar-refractivity contribution in [3.63, 3.8) is 0 Å². The van der Waals surface area contributed by atoms with Gasteiger partial charge in [-0.3, -0.25) is 4.79 Å². The van der Waals surface area contributed by atoms with Crippen molar-refractivity contribution in [2.45, 2.75) is 51.4 Å². The third kappa shape index (κ3) is 4.47. The Balaban J connectivity index is 1.91. The number of hydrogen-bond acceptors (Lipinski definition) is 1. The number of nitrogens with zero attached hydrogens (tertiary/aromatic N) is 3. The summed E-state index contributed by atoms with van der Waals surface area (Å²) >= 11 is 0. The molecule has 1 aromatic rings. The number of allylic oxidation sites excluding steroid dienone is 2. The Kier molecular flexibility index (Phi) is 6.23. The van der Waals surface area contributed by atoms with E-state index >= 15 is 0 Å². The van der Waals surface area contributed by atoms with Gasteiger partial charge in [0.25, 0.3) is 0 Å². The number of unbranched alkanes of at least 4 members (excludes halogenated alkanes) is 1. The summed E-state index contributed by atoms with van der Waals surface area (Å²) in [4.78, 5) is 14.0. The van der Waals surface area contributed by atoms with Crippen LogP contribution < -0.4 is 0 Å². The standard InChI is InChI=1S/C18H23N3O/c1-2-3-4-5-14-6-8-15(9-7-14)16-10-12-17(13-11-16)18(22)20-21-19/h4-5,10-15H,2-3,6-9H2,1H3/b5-4+. The van der Waals surface area contributed by atoms with Crippen LogP contribution in [0.4, 0.5) is 0 Å². The van der Waals surface area contributed by atoms with E-state index in [-0.39, 0.29) is 0 Å². The van der Waals surface area contributed by atoms with E-state index in [4.69, 9.17) is 5.53 Å². The zero-order chi connectivity index (χ0) is 15.8. The molecule has 22 heavy (non-hydrogen) atoms. The fourth-order valence-electron chi connectivity index (χ4n) is 3.10. The number of benzene rings is 1. The van der Waals surface area contributed by atoms with Crippen molar-refractivity contribution in [1.29, 1.82) is 0 Å². The van der Waals surface area contributed by atoms with E-state index in [1.54, 1.807) is 12.1 Å². The molecule has 1 fully saturated rings. The molecule has 4 heteroatoms. The Morgan fingerprint density at radius 1 is 1.27 bits per heavy atom. The maximum atomic E-state index is 11.5. The van der Waals surface area contributed by atoms with Crippen LogP contribution in [0, 0.1) is 5.92 Å². The molecule has 0 aliphatic heterocycles. The first kappa shape index (κ1) is 16.3. The predicted molar refractivity (Wildman–Crippen MR) is 88.7 cm³/mol. The number of carbonyl (C=O) groups excluding carboxylic acids is 1. The summed E-state index contributed by atoms with van der Waals surface area (Å²) in [7, 11) is 0.